The minimum absolute atomic E-state index is 0.291. The standard InChI is InChI=1S/C15H19NO3S/c1-15(2,11-19-3)16-20(17,18)14-10-6-8-12-7-4-5-9-13(12)14/h4-10,16H,11H2,1-3H3. The van der Waals surface area contributed by atoms with E-state index >= 15 is 0 Å². The lowest BCUT2D eigenvalue weighted by Gasteiger charge is -2.25. The smallest absolute Gasteiger partial charge is 0.241 e. The Bertz CT molecular complexity index is 703. The van der Waals surface area contributed by atoms with Crippen LogP contribution >= 0.6 is 0 Å². The van der Waals surface area contributed by atoms with Crippen molar-refractivity contribution in [3.63, 3.8) is 0 Å². The molecule has 20 heavy (non-hydrogen) atoms. The van der Waals surface area contributed by atoms with Gasteiger partial charge in [0.15, 0.2) is 0 Å². The molecule has 108 valence electrons. The maximum Gasteiger partial charge on any atom is 0.241 e. The molecule has 4 nitrogen and oxygen atoms in total. The van der Waals surface area contributed by atoms with Crippen LogP contribution in [0.3, 0.4) is 0 Å². The van der Waals surface area contributed by atoms with Crippen molar-refractivity contribution in [2.75, 3.05) is 13.7 Å². The third kappa shape index (κ3) is 3.17. The number of hydrogen-bond donors (Lipinski definition) is 1. The van der Waals surface area contributed by atoms with E-state index in [1.54, 1.807) is 33.1 Å². The van der Waals surface area contributed by atoms with Crippen molar-refractivity contribution in [1.82, 2.24) is 4.72 Å². The van der Waals surface area contributed by atoms with E-state index in [0.717, 1.165) is 10.8 Å². The molecule has 1 N–H and O–H groups in total. The number of rotatable bonds is 5. The van der Waals surface area contributed by atoms with Crippen molar-refractivity contribution in [1.29, 1.82) is 0 Å². The van der Waals surface area contributed by atoms with Crippen LogP contribution in [0.1, 0.15) is 13.8 Å². The molecule has 2 rings (SSSR count). The summed E-state index contributed by atoms with van der Waals surface area (Å²) >= 11 is 0. The average molecular weight is 293 g/mol. The van der Waals surface area contributed by atoms with Crippen LogP contribution in [0.4, 0.5) is 0 Å². The summed E-state index contributed by atoms with van der Waals surface area (Å²) in [4.78, 5) is 0.291. The lowest BCUT2D eigenvalue weighted by molar-refractivity contribution is 0.141. The van der Waals surface area contributed by atoms with Gasteiger partial charge in [0.2, 0.25) is 10.0 Å². The topological polar surface area (TPSA) is 55.4 Å². The van der Waals surface area contributed by atoms with Gasteiger partial charge in [-0.3, -0.25) is 0 Å². The second-order valence-electron chi connectivity index (χ2n) is 5.40. The summed E-state index contributed by atoms with van der Waals surface area (Å²) in [5, 5.41) is 1.62. The summed E-state index contributed by atoms with van der Waals surface area (Å²) in [6.45, 7) is 3.88. The Balaban J connectivity index is 2.47. The number of hydrogen-bond acceptors (Lipinski definition) is 3. The molecule has 0 saturated carbocycles. The summed E-state index contributed by atoms with van der Waals surface area (Å²) < 4.78 is 32.9. The minimum atomic E-state index is -3.60. The van der Waals surface area contributed by atoms with Crippen molar-refractivity contribution in [3.05, 3.63) is 42.5 Å². The molecule has 0 saturated heterocycles. The van der Waals surface area contributed by atoms with Crippen LogP contribution in [0.15, 0.2) is 47.4 Å². The summed E-state index contributed by atoms with van der Waals surface area (Å²) in [5.74, 6) is 0. The Kier molecular flexibility index (Phi) is 4.13. The molecule has 0 fully saturated rings. The first-order chi connectivity index (χ1) is 9.36. The number of fused-ring (bicyclic) bond motifs is 1. The van der Waals surface area contributed by atoms with E-state index in [2.05, 4.69) is 4.72 Å². The van der Waals surface area contributed by atoms with Gasteiger partial charge in [0.05, 0.1) is 17.0 Å². The first-order valence-corrected chi connectivity index (χ1v) is 7.85. The van der Waals surface area contributed by atoms with Crippen LogP contribution < -0.4 is 4.72 Å². The summed E-state index contributed by atoms with van der Waals surface area (Å²) in [5.41, 5.74) is -0.662. The molecule has 0 aliphatic rings. The Morgan fingerprint density at radius 3 is 2.45 bits per heavy atom. The molecule has 0 amide bonds. The molecule has 0 aliphatic heterocycles. The summed E-state index contributed by atoms with van der Waals surface area (Å²) in [6.07, 6.45) is 0. The zero-order valence-corrected chi connectivity index (χ0v) is 12.7. The largest absolute Gasteiger partial charge is 0.383 e. The lowest BCUT2D eigenvalue weighted by Crippen LogP contribution is -2.46. The zero-order chi connectivity index (χ0) is 14.8. The van der Waals surface area contributed by atoms with Gasteiger partial charge in [-0.15, -0.1) is 0 Å². The fourth-order valence-electron chi connectivity index (χ4n) is 2.24. The van der Waals surface area contributed by atoms with Crippen LogP contribution in [0.25, 0.3) is 10.8 Å². The van der Waals surface area contributed by atoms with Crippen LogP contribution in [0, 0.1) is 0 Å². The maximum atomic E-state index is 12.6. The molecule has 0 bridgehead atoms. The summed E-state index contributed by atoms with van der Waals surface area (Å²) in [7, 11) is -2.05. The normalized spacial score (nSPS) is 12.8. The highest BCUT2D eigenvalue weighted by Gasteiger charge is 2.27. The molecular weight excluding hydrogens is 274 g/mol. The zero-order valence-electron chi connectivity index (χ0n) is 11.9. The Morgan fingerprint density at radius 2 is 1.75 bits per heavy atom. The van der Waals surface area contributed by atoms with E-state index in [4.69, 9.17) is 4.74 Å². The molecule has 5 heteroatoms. The number of sulfonamides is 1. The van der Waals surface area contributed by atoms with E-state index in [9.17, 15) is 8.42 Å². The molecule has 2 aromatic rings. The monoisotopic (exact) mass is 293 g/mol. The Labute approximate surface area is 119 Å². The second kappa shape index (κ2) is 5.52. The summed E-state index contributed by atoms with van der Waals surface area (Å²) in [6, 6.07) is 12.7. The van der Waals surface area contributed by atoms with Crippen molar-refractivity contribution in [3.8, 4) is 0 Å². The van der Waals surface area contributed by atoms with Crippen molar-refractivity contribution in [2.45, 2.75) is 24.3 Å². The van der Waals surface area contributed by atoms with E-state index in [-0.39, 0.29) is 0 Å². The molecular formula is C15H19NO3S. The first-order valence-electron chi connectivity index (χ1n) is 6.36. The van der Waals surface area contributed by atoms with Crippen LogP contribution in [-0.2, 0) is 14.8 Å². The molecule has 0 unspecified atom stereocenters. The Morgan fingerprint density at radius 1 is 1.10 bits per heavy atom. The lowest BCUT2D eigenvalue weighted by atomic mass is 10.1. The molecule has 0 aliphatic carbocycles. The molecule has 0 spiro atoms. The predicted octanol–water partition coefficient (Wildman–Crippen LogP) is 2.54. The number of methoxy groups -OCH3 is 1. The van der Waals surface area contributed by atoms with Gasteiger partial charge in [-0.1, -0.05) is 36.4 Å². The number of benzene rings is 2. The highest BCUT2D eigenvalue weighted by Crippen LogP contribution is 2.23. The molecule has 0 atom stereocenters. The third-order valence-corrected chi connectivity index (χ3v) is 4.71. The quantitative estimate of drug-likeness (QED) is 0.921. The minimum Gasteiger partial charge on any atom is -0.383 e. The molecule has 2 aromatic carbocycles. The fourth-order valence-corrected chi connectivity index (χ4v) is 3.87. The van der Waals surface area contributed by atoms with Crippen molar-refractivity contribution >= 4 is 20.8 Å². The highest BCUT2D eigenvalue weighted by atomic mass is 32.2. The van der Waals surface area contributed by atoms with Gasteiger partial charge in [-0.05, 0) is 25.3 Å². The van der Waals surface area contributed by atoms with E-state index in [1.165, 1.54) is 0 Å². The Hall–Kier alpha value is -1.43. The molecule has 0 radical (unpaired) electrons. The SMILES string of the molecule is COCC(C)(C)NS(=O)(=O)c1cccc2ccccc12. The predicted molar refractivity (Wildman–Crippen MR) is 80.2 cm³/mol. The van der Waals surface area contributed by atoms with Gasteiger partial charge in [-0.2, -0.15) is 0 Å². The van der Waals surface area contributed by atoms with Gasteiger partial charge in [0, 0.05) is 12.5 Å². The van der Waals surface area contributed by atoms with Gasteiger partial charge in [0.1, 0.15) is 0 Å². The molecule has 0 aromatic heterocycles. The van der Waals surface area contributed by atoms with Crippen molar-refractivity contribution < 1.29 is 13.2 Å². The van der Waals surface area contributed by atoms with Crippen LogP contribution in [0.2, 0.25) is 0 Å². The molecule has 0 heterocycles. The fraction of sp³-hybridized carbons (Fsp3) is 0.333. The van der Waals surface area contributed by atoms with Gasteiger partial charge >= 0.3 is 0 Å². The first kappa shape index (κ1) is 15.0. The van der Waals surface area contributed by atoms with Crippen molar-refractivity contribution in [2.24, 2.45) is 0 Å². The third-order valence-electron chi connectivity index (χ3n) is 2.95. The second-order valence-corrected chi connectivity index (χ2v) is 7.05. The van der Waals surface area contributed by atoms with Crippen LogP contribution in [0.5, 0.6) is 0 Å². The highest BCUT2D eigenvalue weighted by molar-refractivity contribution is 7.89. The van der Waals surface area contributed by atoms with Gasteiger partial charge in [0.25, 0.3) is 0 Å². The van der Waals surface area contributed by atoms with E-state index < -0.39 is 15.6 Å². The van der Waals surface area contributed by atoms with Crippen LogP contribution in [-0.4, -0.2) is 27.7 Å². The number of nitrogens with one attached hydrogen (secondary N) is 1. The maximum absolute atomic E-state index is 12.6. The van der Waals surface area contributed by atoms with E-state index in [0.29, 0.717) is 11.5 Å². The average Bonchev–Trinajstić information content (AvgIpc) is 2.36. The number of ether oxygens (including phenoxy) is 1. The van der Waals surface area contributed by atoms with Gasteiger partial charge in [-0.25, -0.2) is 13.1 Å². The van der Waals surface area contributed by atoms with Gasteiger partial charge < -0.3 is 4.74 Å². The van der Waals surface area contributed by atoms with E-state index in [1.807, 2.05) is 30.3 Å².